The lowest BCUT2D eigenvalue weighted by atomic mass is 10.2. The fourth-order valence-electron chi connectivity index (χ4n) is 2.39. The van der Waals surface area contributed by atoms with Gasteiger partial charge < -0.3 is 14.5 Å². The third-order valence-corrected chi connectivity index (χ3v) is 4.92. The van der Waals surface area contributed by atoms with E-state index in [1.54, 1.807) is 0 Å². The number of carbonyl (C=O) groups excluding carboxylic acids is 2. The van der Waals surface area contributed by atoms with Crippen molar-refractivity contribution in [3.63, 3.8) is 0 Å². The van der Waals surface area contributed by atoms with Crippen molar-refractivity contribution in [2.24, 2.45) is 0 Å². The number of Topliss-reactive ketones (excluding diaryl/α,β-unsaturated/α-hetero) is 1. The zero-order chi connectivity index (χ0) is 21.3. The topological polar surface area (TPSA) is 88.8 Å². The highest BCUT2D eigenvalue weighted by atomic mass is 32.1. The number of fused-ring (bicyclic) bond motifs is 1. The largest absolute Gasteiger partial charge is 0.573 e. The summed E-state index contributed by atoms with van der Waals surface area (Å²) in [6, 6.07) is 7.15. The molecule has 11 heteroatoms. The Balaban J connectivity index is 1.86. The second-order valence-electron chi connectivity index (χ2n) is 5.85. The minimum Gasteiger partial charge on any atom is -0.421 e. The van der Waals surface area contributed by atoms with Gasteiger partial charge in [-0.05, 0) is 25.1 Å². The van der Waals surface area contributed by atoms with E-state index in [0.29, 0.717) is 9.70 Å². The first-order valence-electron chi connectivity index (χ1n) is 8.03. The predicted octanol–water partition coefficient (Wildman–Crippen LogP) is 4.62. The summed E-state index contributed by atoms with van der Waals surface area (Å²) < 4.78 is 47.0. The third-order valence-electron chi connectivity index (χ3n) is 3.78. The second kappa shape index (κ2) is 7.59. The summed E-state index contributed by atoms with van der Waals surface area (Å²) in [5, 5.41) is 2.68. The van der Waals surface area contributed by atoms with Crippen molar-refractivity contribution in [2.45, 2.75) is 13.3 Å². The Morgan fingerprint density at radius 3 is 2.55 bits per heavy atom. The first-order valence-corrected chi connectivity index (χ1v) is 8.85. The van der Waals surface area contributed by atoms with Crippen LogP contribution in [0.2, 0.25) is 0 Å². The number of nitrogens with zero attached hydrogens (tertiary/aromatic N) is 1. The van der Waals surface area contributed by atoms with Gasteiger partial charge in [-0.25, -0.2) is 9.59 Å². The molecule has 1 N–H and O–H groups in total. The molecule has 7 nitrogen and oxygen atoms in total. The Hall–Kier alpha value is -3.34. The molecule has 0 saturated carbocycles. The molecular weight excluding hydrogens is 413 g/mol. The number of nitrogens with one attached hydrogen (secondary N) is 1. The van der Waals surface area contributed by atoms with Gasteiger partial charge in [0.05, 0.1) is 10.4 Å². The van der Waals surface area contributed by atoms with E-state index in [4.69, 9.17) is 4.42 Å². The second-order valence-corrected chi connectivity index (χ2v) is 6.91. The molecule has 0 aliphatic heterocycles. The summed E-state index contributed by atoms with van der Waals surface area (Å²) >= 11 is 1.07. The minimum absolute atomic E-state index is 0.115. The lowest BCUT2D eigenvalue weighted by Crippen LogP contribution is -2.31. The summed E-state index contributed by atoms with van der Waals surface area (Å²) in [6.45, 7) is 1.23. The number of ether oxygens (including phenoxy) is 1. The van der Waals surface area contributed by atoms with Crippen LogP contribution in [0.15, 0.2) is 45.6 Å². The van der Waals surface area contributed by atoms with Crippen LogP contribution in [0.1, 0.15) is 17.3 Å². The van der Waals surface area contributed by atoms with E-state index in [1.165, 1.54) is 44.3 Å². The summed E-state index contributed by atoms with van der Waals surface area (Å²) in [5.41, 5.74) is -0.899. The molecule has 3 rings (SSSR count). The number of anilines is 2. The monoisotopic (exact) mass is 426 g/mol. The number of rotatable bonds is 4. The molecule has 2 amide bonds. The van der Waals surface area contributed by atoms with Crippen molar-refractivity contribution in [3.8, 4) is 5.75 Å². The van der Waals surface area contributed by atoms with Gasteiger partial charge in [0.15, 0.2) is 17.1 Å². The van der Waals surface area contributed by atoms with Crippen LogP contribution >= 0.6 is 11.3 Å². The van der Waals surface area contributed by atoms with Gasteiger partial charge in [0.2, 0.25) is 0 Å². The van der Waals surface area contributed by atoms with Crippen molar-refractivity contribution in [2.75, 3.05) is 17.3 Å². The highest BCUT2D eigenvalue weighted by Gasteiger charge is 2.32. The Labute approximate surface area is 165 Å². The van der Waals surface area contributed by atoms with Crippen molar-refractivity contribution >= 4 is 44.1 Å². The summed E-state index contributed by atoms with van der Waals surface area (Å²) in [4.78, 5) is 36.9. The smallest absolute Gasteiger partial charge is 0.421 e. The molecule has 0 spiro atoms. The van der Waals surface area contributed by atoms with Crippen LogP contribution in [0.25, 0.3) is 10.3 Å². The number of alkyl halides is 3. The van der Waals surface area contributed by atoms with Gasteiger partial charge in [-0.15, -0.1) is 24.5 Å². The Bertz CT molecular complexity index is 1150. The maximum atomic E-state index is 12.5. The predicted molar refractivity (Wildman–Crippen MR) is 101 cm³/mol. The van der Waals surface area contributed by atoms with E-state index < -0.39 is 29.6 Å². The Morgan fingerprint density at radius 2 is 1.90 bits per heavy atom. The molecule has 0 atom stereocenters. The first-order chi connectivity index (χ1) is 13.5. The molecule has 0 saturated heterocycles. The molecule has 2 heterocycles. The minimum atomic E-state index is -4.91. The maximum absolute atomic E-state index is 12.5. The Kier molecular flexibility index (Phi) is 5.33. The van der Waals surface area contributed by atoms with Crippen LogP contribution < -0.4 is 20.6 Å². The molecule has 29 heavy (non-hydrogen) atoms. The van der Waals surface area contributed by atoms with E-state index >= 15 is 0 Å². The number of amides is 2. The molecule has 3 aromatic rings. The van der Waals surface area contributed by atoms with Crippen LogP contribution in [0, 0.1) is 0 Å². The summed E-state index contributed by atoms with van der Waals surface area (Å²) in [6.07, 6.45) is -4.91. The van der Waals surface area contributed by atoms with E-state index in [0.717, 1.165) is 22.3 Å². The number of hydrogen-bond donors (Lipinski definition) is 1. The number of hydrogen-bond acceptors (Lipinski definition) is 6. The molecular formula is C18H13F3N2O5S. The molecule has 152 valence electrons. The quantitative estimate of drug-likeness (QED) is 0.615. The average Bonchev–Trinajstić information content (AvgIpc) is 3.03. The zero-order valence-corrected chi connectivity index (χ0v) is 15.8. The molecule has 0 aliphatic carbocycles. The van der Waals surface area contributed by atoms with Crippen molar-refractivity contribution in [1.29, 1.82) is 0 Å². The van der Waals surface area contributed by atoms with Gasteiger partial charge >= 0.3 is 18.0 Å². The number of halogens is 3. The molecule has 0 bridgehead atoms. The van der Waals surface area contributed by atoms with Crippen LogP contribution in [-0.2, 0) is 0 Å². The number of carbonyl (C=O) groups is 2. The van der Waals surface area contributed by atoms with Crippen LogP contribution in [0.4, 0.5) is 28.7 Å². The van der Waals surface area contributed by atoms with E-state index in [2.05, 4.69) is 10.1 Å². The third kappa shape index (κ3) is 4.57. The van der Waals surface area contributed by atoms with Crippen molar-refractivity contribution in [1.82, 2.24) is 0 Å². The van der Waals surface area contributed by atoms with Crippen molar-refractivity contribution < 1.29 is 31.9 Å². The van der Waals surface area contributed by atoms with Crippen LogP contribution in [-0.4, -0.2) is 25.2 Å². The highest BCUT2D eigenvalue weighted by Crippen LogP contribution is 2.33. The van der Waals surface area contributed by atoms with Gasteiger partial charge in [-0.2, -0.15) is 0 Å². The molecule has 2 aromatic heterocycles. The summed E-state index contributed by atoms with van der Waals surface area (Å²) in [5.74, 6) is -1.02. The van der Waals surface area contributed by atoms with E-state index in [1.807, 2.05) is 0 Å². The summed E-state index contributed by atoms with van der Waals surface area (Å²) in [7, 11) is 1.39. The van der Waals surface area contributed by atoms with Gasteiger partial charge in [0.25, 0.3) is 0 Å². The van der Waals surface area contributed by atoms with Gasteiger partial charge in [-0.3, -0.25) is 9.69 Å². The maximum Gasteiger partial charge on any atom is 0.573 e. The Morgan fingerprint density at radius 1 is 1.21 bits per heavy atom. The van der Waals surface area contributed by atoms with E-state index in [-0.39, 0.29) is 16.8 Å². The normalized spacial score (nSPS) is 11.3. The van der Waals surface area contributed by atoms with Gasteiger partial charge in [0, 0.05) is 13.1 Å². The first kappa shape index (κ1) is 20.4. The van der Waals surface area contributed by atoms with Crippen LogP contribution in [0.3, 0.4) is 0 Å². The SMILES string of the molecule is CC(=O)c1cc2sc(N(C)C(=O)Nc3ccccc3OC(F)(F)F)cc2oc1=O. The number of ketones is 1. The number of thiophene rings is 1. The molecule has 0 aliphatic rings. The van der Waals surface area contributed by atoms with Crippen LogP contribution in [0.5, 0.6) is 5.75 Å². The molecule has 0 radical (unpaired) electrons. The molecule has 1 aromatic carbocycles. The molecule has 0 unspecified atom stereocenters. The number of benzene rings is 1. The lowest BCUT2D eigenvalue weighted by molar-refractivity contribution is -0.274. The fourth-order valence-corrected chi connectivity index (χ4v) is 3.38. The lowest BCUT2D eigenvalue weighted by Gasteiger charge is -2.18. The average molecular weight is 426 g/mol. The fraction of sp³-hybridized carbons (Fsp3) is 0.167. The van der Waals surface area contributed by atoms with E-state index in [9.17, 15) is 27.6 Å². The van der Waals surface area contributed by atoms with Crippen molar-refractivity contribution in [3.05, 3.63) is 52.4 Å². The highest BCUT2D eigenvalue weighted by molar-refractivity contribution is 7.22. The number of urea groups is 1. The number of para-hydroxylation sites is 2. The van der Waals surface area contributed by atoms with Gasteiger partial charge in [0.1, 0.15) is 10.6 Å². The standard InChI is InChI=1S/C18H13F3N2O5S/c1-9(24)10-7-14-13(27-16(10)25)8-15(29-14)23(2)17(26)22-11-5-3-4-6-12(11)28-18(19,20)21/h3-8H,1-2H3,(H,22,26). The zero-order valence-electron chi connectivity index (χ0n) is 15.0. The molecule has 0 fully saturated rings. The van der Waals surface area contributed by atoms with Gasteiger partial charge in [-0.1, -0.05) is 12.1 Å².